The van der Waals surface area contributed by atoms with E-state index in [0.717, 1.165) is 8.95 Å². The lowest BCUT2D eigenvalue weighted by Gasteiger charge is -2.14. The molecule has 15 heavy (non-hydrogen) atoms. The lowest BCUT2D eigenvalue weighted by molar-refractivity contribution is 0.460. The van der Waals surface area contributed by atoms with Crippen molar-refractivity contribution in [1.82, 2.24) is 0 Å². The summed E-state index contributed by atoms with van der Waals surface area (Å²) >= 11 is 6.65. The summed E-state index contributed by atoms with van der Waals surface area (Å²) in [6, 6.07) is 3.26. The fourth-order valence-electron chi connectivity index (χ4n) is 1.24. The second-order valence-electron chi connectivity index (χ2n) is 2.95. The minimum absolute atomic E-state index is 0. The summed E-state index contributed by atoms with van der Waals surface area (Å²) in [5.41, 5.74) is 6.60. The third-order valence-electron chi connectivity index (χ3n) is 1.86. The predicted octanol–water partition coefficient (Wildman–Crippen LogP) is 3.91. The van der Waals surface area contributed by atoms with Crippen molar-refractivity contribution >= 4 is 44.3 Å². The van der Waals surface area contributed by atoms with Crippen LogP contribution in [0.15, 0.2) is 33.7 Å². The maximum atomic E-state index is 9.69. The molecule has 2 nitrogen and oxygen atoms in total. The zero-order valence-corrected chi connectivity index (χ0v) is 11.9. The summed E-state index contributed by atoms with van der Waals surface area (Å²) in [5, 5.41) is 9.69. The number of benzene rings is 1. The molecule has 1 aromatic rings. The van der Waals surface area contributed by atoms with E-state index < -0.39 is 0 Å². The standard InChI is InChI=1S/C10H11Br2NO.ClH/c1-2-3-8(13)10-7(12)4-6(11)5-9(10)14;/h2,4-5,8,14H,1,3,13H2;1H/t8-;/m0./s1. The zero-order chi connectivity index (χ0) is 10.7. The average molecular weight is 357 g/mol. The lowest BCUT2D eigenvalue weighted by Crippen LogP contribution is -2.10. The second kappa shape index (κ2) is 6.53. The van der Waals surface area contributed by atoms with Gasteiger partial charge in [-0.1, -0.05) is 37.9 Å². The second-order valence-corrected chi connectivity index (χ2v) is 4.72. The van der Waals surface area contributed by atoms with Crippen molar-refractivity contribution in [2.75, 3.05) is 0 Å². The van der Waals surface area contributed by atoms with E-state index in [-0.39, 0.29) is 24.2 Å². The van der Waals surface area contributed by atoms with E-state index in [0.29, 0.717) is 12.0 Å². The predicted molar refractivity (Wildman–Crippen MR) is 72.5 cm³/mol. The first kappa shape index (κ1) is 15.0. The first-order valence-electron chi connectivity index (χ1n) is 4.10. The number of halogens is 3. The van der Waals surface area contributed by atoms with Crippen LogP contribution in [0.1, 0.15) is 18.0 Å². The number of phenols is 1. The van der Waals surface area contributed by atoms with E-state index in [9.17, 15) is 5.11 Å². The fourth-order valence-corrected chi connectivity index (χ4v) is 2.73. The topological polar surface area (TPSA) is 46.2 Å². The molecule has 0 heterocycles. The quantitative estimate of drug-likeness (QED) is 0.806. The monoisotopic (exact) mass is 355 g/mol. The average Bonchev–Trinajstić information content (AvgIpc) is 2.01. The van der Waals surface area contributed by atoms with Crippen molar-refractivity contribution in [3.05, 3.63) is 39.3 Å². The Morgan fingerprint density at radius 2 is 2.07 bits per heavy atom. The number of hydrogen-bond donors (Lipinski definition) is 2. The Bertz CT molecular complexity index is 334. The molecule has 5 heteroatoms. The SMILES string of the molecule is C=CC[C@H](N)c1c(O)cc(Br)cc1Br.Cl. The van der Waals surface area contributed by atoms with E-state index in [1.54, 1.807) is 12.1 Å². The number of hydrogen-bond acceptors (Lipinski definition) is 2. The van der Waals surface area contributed by atoms with Gasteiger partial charge in [-0.2, -0.15) is 0 Å². The van der Waals surface area contributed by atoms with Crippen LogP contribution >= 0.6 is 44.3 Å². The molecule has 0 saturated heterocycles. The normalized spacial score (nSPS) is 11.7. The van der Waals surface area contributed by atoms with Gasteiger partial charge in [0, 0.05) is 20.6 Å². The third kappa shape index (κ3) is 3.79. The maximum absolute atomic E-state index is 9.69. The van der Waals surface area contributed by atoms with Gasteiger partial charge in [0.2, 0.25) is 0 Å². The van der Waals surface area contributed by atoms with Crippen molar-refractivity contribution in [3.8, 4) is 5.75 Å². The van der Waals surface area contributed by atoms with Gasteiger partial charge in [0.15, 0.2) is 0 Å². The summed E-state index contributed by atoms with van der Waals surface area (Å²) in [6.45, 7) is 3.62. The molecular formula is C10H12Br2ClNO. The number of rotatable bonds is 3. The molecule has 1 atom stereocenters. The van der Waals surface area contributed by atoms with Gasteiger partial charge in [-0.25, -0.2) is 0 Å². The molecular weight excluding hydrogens is 345 g/mol. The number of aromatic hydroxyl groups is 1. The Balaban J connectivity index is 0.00000196. The highest BCUT2D eigenvalue weighted by Gasteiger charge is 2.14. The molecule has 3 N–H and O–H groups in total. The van der Waals surface area contributed by atoms with Gasteiger partial charge in [-0.3, -0.25) is 0 Å². The Labute approximate surface area is 112 Å². The van der Waals surface area contributed by atoms with E-state index >= 15 is 0 Å². The van der Waals surface area contributed by atoms with Gasteiger partial charge < -0.3 is 10.8 Å². The Hall–Kier alpha value is -0.0300. The van der Waals surface area contributed by atoms with E-state index in [1.807, 2.05) is 6.07 Å². The van der Waals surface area contributed by atoms with E-state index in [4.69, 9.17) is 5.73 Å². The van der Waals surface area contributed by atoms with Gasteiger partial charge in [0.25, 0.3) is 0 Å². The van der Waals surface area contributed by atoms with E-state index in [2.05, 4.69) is 38.4 Å². The summed E-state index contributed by atoms with van der Waals surface area (Å²) in [4.78, 5) is 0. The third-order valence-corrected chi connectivity index (χ3v) is 2.98. The maximum Gasteiger partial charge on any atom is 0.122 e. The first-order chi connectivity index (χ1) is 6.56. The van der Waals surface area contributed by atoms with Crippen molar-refractivity contribution in [1.29, 1.82) is 0 Å². The van der Waals surface area contributed by atoms with Crippen LogP contribution in [-0.2, 0) is 0 Å². The Morgan fingerprint density at radius 3 is 2.53 bits per heavy atom. The van der Waals surface area contributed by atoms with Crippen molar-refractivity contribution in [3.63, 3.8) is 0 Å². The van der Waals surface area contributed by atoms with E-state index in [1.165, 1.54) is 0 Å². The highest BCUT2D eigenvalue weighted by atomic mass is 79.9. The molecule has 0 bridgehead atoms. The molecule has 0 aliphatic carbocycles. The molecule has 0 saturated carbocycles. The van der Waals surface area contributed by atoms with Crippen LogP contribution in [0.2, 0.25) is 0 Å². The highest BCUT2D eigenvalue weighted by Crippen LogP contribution is 2.35. The van der Waals surface area contributed by atoms with Crippen LogP contribution in [0.3, 0.4) is 0 Å². The molecule has 1 aromatic carbocycles. The molecule has 0 aromatic heterocycles. The largest absolute Gasteiger partial charge is 0.508 e. The van der Waals surface area contributed by atoms with Crippen LogP contribution in [-0.4, -0.2) is 5.11 Å². The zero-order valence-electron chi connectivity index (χ0n) is 7.91. The van der Waals surface area contributed by atoms with Crippen LogP contribution in [0.25, 0.3) is 0 Å². The molecule has 84 valence electrons. The van der Waals surface area contributed by atoms with Crippen LogP contribution in [0.5, 0.6) is 5.75 Å². The Kier molecular flexibility index (Phi) is 6.52. The molecule has 0 unspecified atom stereocenters. The number of nitrogens with two attached hydrogens (primary N) is 1. The van der Waals surface area contributed by atoms with Gasteiger partial charge in [-0.05, 0) is 18.6 Å². The van der Waals surface area contributed by atoms with Crippen molar-refractivity contribution < 1.29 is 5.11 Å². The number of phenolic OH excluding ortho intramolecular Hbond substituents is 1. The lowest BCUT2D eigenvalue weighted by atomic mass is 10.0. The Morgan fingerprint density at radius 1 is 1.47 bits per heavy atom. The molecule has 1 rings (SSSR count). The molecule has 0 aliphatic rings. The first-order valence-corrected chi connectivity index (χ1v) is 5.69. The molecule has 0 fully saturated rings. The van der Waals surface area contributed by atoms with Crippen LogP contribution in [0, 0.1) is 0 Å². The van der Waals surface area contributed by atoms with Crippen LogP contribution < -0.4 is 5.73 Å². The molecule has 0 spiro atoms. The van der Waals surface area contributed by atoms with Gasteiger partial charge in [0.1, 0.15) is 5.75 Å². The van der Waals surface area contributed by atoms with Crippen molar-refractivity contribution in [2.45, 2.75) is 12.5 Å². The minimum Gasteiger partial charge on any atom is -0.508 e. The summed E-state index contributed by atoms with van der Waals surface area (Å²) in [6.07, 6.45) is 2.37. The molecule has 0 aliphatic heterocycles. The smallest absolute Gasteiger partial charge is 0.122 e. The van der Waals surface area contributed by atoms with Gasteiger partial charge >= 0.3 is 0 Å². The summed E-state index contributed by atoms with van der Waals surface area (Å²) in [5.74, 6) is 0.195. The minimum atomic E-state index is -0.227. The molecule has 0 amide bonds. The summed E-state index contributed by atoms with van der Waals surface area (Å²) in [7, 11) is 0. The van der Waals surface area contributed by atoms with Crippen molar-refractivity contribution in [2.24, 2.45) is 5.73 Å². The van der Waals surface area contributed by atoms with Gasteiger partial charge in [0.05, 0.1) is 0 Å². The fraction of sp³-hybridized carbons (Fsp3) is 0.200. The van der Waals surface area contributed by atoms with Gasteiger partial charge in [-0.15, -0.1) is 19.0 Å². The van der Waals surface area contributed by atoms with Crippen LogP contribution in [0.4, 0.5) is 0 Å². The molecule has 0 radical (unpaired) electrons. The summed E-state index contributed by atoms with van der Waals surface area (Å²) < 4.78 is 1.62. The highest BCUT2D eigenvalue weighted by molar-refractivity contribution is 9.11.